The second kappa shape index (κ2) is 9.33. The van der Waals surface area contributed by atoms with E-state index in [4.69, 9.17) is 22.1 Å². The summed E-state index contributed by atoms with van der Waals surface area (Å²) in [5, 5.41) is 9.76. The minimum Gasteiger partial charge on any atom is -0.404 e. The summed E-state index contributed by atoms with van der Waals surface area (Å²) in [7, 11) is 0. The lowest BCUT2D eigenvalue weighted by atomic mass is 9.75. The Morgan fingerprint density at radius 1 is 1.33 bits per heavy atom. The van der Waals surface area contributed by atoms with Gasteiger partial charge in [0.05, 0.1) is 29.6 Å². The molecule has 0 bridgehead atoms. The summed E-state index contributed by atoms with van der Waals surface area (Å²) in [6.45, 7) is 3.30. The molecule has 33 heavy (non-hydrogen) atoms. The average Bonchev–Trinajstić information content (AvgIpc) is 3.03. The lowest BCUT2D eigenvalue weighted by Gasteiger charge is -2.41. The lowest BCUT2D eigenvalue weighted by Crippen LogP contribution is -2.50. The zero-order valence-electron chi connectivity index (χ0n) is 17.7. The van der Waals surface area contributed by atoms with Crippen LogP contribution in [0.1, 0.15) is 24.2 Å². The third-order valence-corrected chi connectivity index (χ3v) is 7.82. The molecule has 3 N–H and O–H groups in total. The van der Waals surface area contributed by atoms with Gasteiger partial charge in [0, 0.05) is 30.1 Å². The van der Waals surface area contributed by atoms with Crippen molar-refractivity contribution in [1.29, 1.82) is 0 Å². The molecule has 1 spiro atoms. The molecule has 0 radical (unpaired) electrons. The van der Waals surface area contributed by atoms with E-state index in [0.717, 1.165) is 18.9 Å². The van der Waals surface area contributed by atoms with Gasteiger partial charge in [-0.25, -0.2) is 9.97 Å². The number of rotatable bonds is 4. The normalized spacial score (nSPS) is 22.7. The molecule has 7 nitrogen and oxygen atoms in total. The topological polar surface area (TPSA) is 93.7 Å². The molecule has 2 fully saturated rings. The van der Waals surface area contributed by atoms with E-state index >= 15 is 0 Å². The van der Waals surface area contributed by atoms with Gasteiger partial charge in [0.25, 0.3) is 0 Å². The summed E-state index contributed by atoms with van der Waals surface area (Å²) in [5.41, 5.74) is 7.64. The van der Waals surface area contributed by atoms with E-state index in [-0.39, 0.29) is 38.5 Å². The van der Waals surface area contributed by atoms with Gasteiger partial charge in [-0.2, -0.15) is 0 Å². The molecule has 3 heterocycles. The van der Waals surface area contributed by atoms with Crippen LogP contribution in [0.4, 0.5) is 19.0 Å². The van der Waals surface area contributed by atoms with Gasteiger partial charge >= 0.3 is 6.36 Å². The molecule has 180 valence electrons. The monoisotopic (exact) mass is 598 g/mol. The maximum absolute atomic E-state index is 12.7. The highest BCUT2D eigenvalue weighted by atomic mass is 127. The number of alkyl halides is 4. The Morgan fingerprint density at radius 2 is 2.03 bits per heavy atom. The fourth-order valence-electron chi connectivity index (χ4n) is 4.42. The van der Waals surface area contributed by atoms with Crippen molar-refractivity contribution in [2.45, 2.75) is 42.9 Å². The number of anilines is 1. The van der Waals surface area contributed by atoms with Crippen LogP contribution < -0.4 is 15.4 Å². The minimum atomic E-state index is -4.88. The standard InChI is InChI=1S/C21H23ClF3IN4O3/c1-11-16(12-3-2-4-14(15(12)22)33-21(23,24)25)29-13(9-31)19(28-11)30-7-5-20(6-8-30)10-32-18(26)17(20)27/h2-4,17-18,31H,5-10,27H2,1H3/t17-,18-/m1/s1. The molecular weight excluding hydrogens is 576 g/mol. The maximum atomic E-state index is 12.7. The Kier molecular flexibility index (Phi) is 6.98. The molecule has 2 aliphatic heterocycles. The Labute approximate surface area is 207 Å². The zero-order valence-corrected chi connectivity index (χ0v) is 20.6. The van der Waals surface area contributed by atoms with Gasteiger partial charge < -0.3 is 25.2 Å². The molecular formula is C21H23ClF3IN4O3. The number of hydrogen-bond donors (Lipinski definition) is 2. The highest BCUT2D eigenvalue weighted by Crippen LogP contribution is 2.44. The van der Waals surface area contributed by atoms with Crippen LogP contribution in [-0.4, -0.2) is 51.3 Å². The molecule has 0 saturated carbocycles. The first-order valence-corrected chi connectivity index (χ1v) is 12.0. The summed E-state index contributed by atoms with van der Waals surface area (Å²) in [5.74, 6) is 0.0217. The maximum Gasteiger partial charge on any atom is 0.573 e. The lowest BCUT2D eigenvalue weighted by molar-refractivity contribution is -0.274. The number of nitrogens with zero attached hydrogens (tertiary/aromatic N) is 3. The highest BCUT2D eigenvalue weighted by Gasteiger charge is 2.48. The first-order chi connectivity index (χ1) is 15.5. The number of ether oxygens (including phenoxy) is 2. The predicted molar refractivity (Wildman–Crippen MR) is 125 cm³/mol. The molecule has 12 heteroatoms. The third kappa shape index (κ3) is 4.88. The Hall–Kier alpha value is -1.41. The molecule has 4 rings (SSSR count). The molecule has 2 aliphatic rings. The second-order valence-electron chi connectivity index (χ2n) is 8.29. The summed E-state index contributed by atoms with van der Waals surface area (Å²) >= 11 is 8.44. The fourth-order valence-corrected chi connectivity index (χ4v) is 5.62. The van der Waals surface area contributed by atoms with Crippen LogP contribution in [-0.2, 0) is 11.3 Å². The zero-order chi connectivity index (χ0) is 24.0. The smallest absolute Gasteiger partial charge is 0.404 e. The van der Waals surface area contributed by atoms with Gasteiger partial charge in [0.1, 0.15) is 15.6 Å². The first kappa shape index (κ1) is 24.7. The largest absolute Gasteiger partial charge is 0.573 e. The van der Waals surface area contributed by atoms with Crippen LogP contribution in [0.5, 0.6) is 5.75 Å². The van der Waals surface area contributed by atoms with Gasteiger partial charge in [-0.1, -0.05) is 23.7 Å². The number of aromatic nitrogens is 2. The van der Waals surface area contributed by atoms with Crippen LogP contribution in [0.25, 0.3) is 11.3 Å². The molecule has 0 amide bonds. The SMILES string of the molecule is Cc1nc(N2CCC3(CC2)CO[C@@H](I)[C@H]3N)c(CO)nc1-c1cccc(OC(F)(F)F)c1Cl. The fraction of sp³-hybridized carbons (Fsp3) is 0.524. The molecule has 0 aliphatic carbocycles. The van der Waals surface area contributed by atoms with Gasteiger partial charge in [-0.05, 0) is 48.4 Å². The molecule has 2 aromatic rings. The van der Waals surface area contributed by atoms with E-state index in [9.17, 15) is 18.3 Å². The van der Waals surface area contributed by atoms with Gasteiger partial charge in [0.2, 0.25) is 0 Å². The summed E-state index contributed by atoms with van der Waals surface area (Å²) < 4.78 is 47.9. The van der Waals surface area contributed by atoms with E-state index in [2.05, 4.69) is 42.2 Å². The number of aliphatic hydroxyl groups is 1. The van der Waals surface area contributed by atoms with Crippen molar-refractivity contribution < 1.29 is 27.8 Å². The number of aliphatic hydroxyl groups excluding tert-OH is 1. The van der Waals surface area contributed by atoms with Crippen LogP contribution in [0.15, 0.2) is 18.2 Å². The van der Waals surface area contributed by atoms with E-state index < -0.39 is 12.1 Å². The number of hydrogen-bond acceptors (Lipinski definition) is 7. The van der Waals surface area contributed by atoms with Crippen molar-refractivity contribution in [3.8, 4) is 17.0 Å². The van der Waals surface area contributed by atoms with Crippen LogP contribution in [0.3, 0.4) is 0 Å². The second-order valence-corrected chi connectivity index (χ2v) is 9.89. The molecule has 2 atom stereocenters. The number of nitrogens with two attached hydrogens (primary N) is 1. The number of piperidine rings is 1. The number of benzene rings is 1. The van der Waals surface area contributed by atoms with Crippen molar-refractivity contribution >= 4 is 40.0 Å². The summed E-state index contributed by atoms with van der Waals surface area (Å²) in [6, 6.07) is 4.02. The van der Waals surface area contributed by atoms with E-state index in [0.29, 0.717) is 36.9 Å². The number of halogens is 5. The summed E-state index contributed by atoms with van der Waals surface area (Å²) in [6.07, 6.45) is -3.23. The summed E-state index contributed by atoms with van der Waals surface area (Å²) in [4.78, 5) is 11.2. The van der Waals surface area contributed by atoms with Crippen molar-refractivity contribution in [1.82, 2.24) is 9.97 Å². The van der Waals surface area contributed by atoms with Crippen molar-refractivity contribution in [2.24, 2.45) is 11.1 Å². The number of aryl methyl sites for hydroxylation is 1. The highest BCUT2D eigenvalue weighted by molar-refractivity contribution is 14.1. The Balaban J connectivity index is 1.62. The van der Waals surface area contributed by atoms with Gasteiger partial charge in [-0.15, -0.1) is 13.2 Å². The van der Waals surface area contributed by atoms with Gasteiger partial charge in [-0.3, -0.25) is 0 Å². The minimum absolute atomic E-state index is 0.00897. The first-order valence-electron chi connectivity index (χ1n) is 10.3. The Morgan fingerprint density at radius 3 is 2.61 bits per heavy atom. The quantitative estimate of drug-likeness (QED) is 0.403. The van der Waals surface area contributed by atoms with Crippen molar-refractivity contribution in [3.05, 3.63) is 34.6 Å². The van der Waals surface area contributed by atoms with Crippen LogP contribution in [0.2, 0.25) is 5.02 Å². The molecule has 0 unspecified atom stereocenters. The van der Waals surface area contributed by atoms with E-state index in [1.165, 1.54) is 12.1 Å². The van der Waals surface area contributed by atoms with Crippen LogP contribution in [0, 0.1) is 12.3 Å². The Bertz CT molecular complexity index is 1030. The van der Waals surface area contributed by atoms with Crippen molar-refractivity contribution in [2.75, 3.05) is 24.6 Å². The average molecular weight is 599 g/mol. The van der Waals surface area contributed by atoms with Crippen molar-refractivity contribution in [3.63, 3.8) is 0 Å². The van der Waals surface area contributed by atoms with Gasteiger partial charge in [0.15, 0.2) is 5.82 Å². The molecule has 1 aromatic heterocycles. The molecule has 1 aromatic carbocycles. The third-order valence-electron chi connectivity index (χ3n) is 6.29. The predicted octanol–water partition coefficient (Wildman–Crippen LogP) is 4.20. The van der Waals surface area contributed by atoms with E-state index in [1.807, 2.05) is 0 Å². The molecule has 2 saturated heterocycles. The van der Waals surface area contributed by atoms with E-state index in [1.54, 1.807) is 6.92 Å². The van der Waals surface area contributed by atoms with Crippen LogP contribution >= 0.6 is 34.2 Å².